The van der Waals surface area contributed by atoms with E-state index in [1.54, 1.807) is 0 Å². The minimum atomic E-state index is -0.0179. The van der Waals surface area contributed by atoms with Crippen molar-refractivity contribution in [3.8, 4) is 0 Å². The molecule has 1 atom stereocenters. The molecule has 0 spiro atoms. The number of hydrogen-bond acceptors (Lipinski definition) is 3. The minimum Gasteiger partial charge on any atom is -0.354 e. The molecule has 2 heterocycles. The van der Waals surface area contributed by atoms with Gasteiger partial charge in [0.2, 0.25) is 5.91 Å². The number of carbonyl (C=O) groups excluding carboxylic acids is 2. The first-order valence-corrected chi connectivity index (χ1v) is 9.30. The highest BCUT2D eigenvalue weighted by Gasteiger charge is 2.31. The van der Waals surface area contributed by atoms with Crippen molar-refractivity contribution in [1.29, 1.82) is 0 Å². The van der Waals surface area contributed by atoms with E-state index in [4.69, 9.17) is 0 Å². The van der Waals surface area contributed by atoms with E-state index in [0.717, 1.165) is 25.1 Å². The summed E-state index contributed by atoms with van der Waals surface area (Å²) < 4.78 is 0. The summed E-state index contributed by atoms with van der Waals surface area (Å²) in [5, 5.41) is 5.76. The van der Waals surface area contributed by atoms with Crippen molar-refractivity contribution in [2.24, 2.45) is 0 Å². The van der Waals surface area contributed by atoms with E-state index in [2.05, 4.69) is 15.5 Å². The van der Waals surface area contributed by atoms with E-state index < -0.39 is 0 Å². The molecule has 1 aromatic rings. The van der Waals surface area contributed by atoms with E-state index >= 15 is 0 Å². The Hall–Kier alpha value is -2.08. The molecule has 0 unspecified atom stereocenters. The average molecular weight is 344 g/mol. The lowest BCUT2D eigenvalue weighted by atomic mass is 10.1. The number of hydrogen-bond donors (Lipinski definition) is 2. The van der Waals surface area contributed by atoms with Crippen LogP contribution < -0.4 is 10.6 Å². The van der Waals surface area contributed by atoms with Crippen molar-refractivity contribution in [3.63, 3.8) is 0 Å². The van der Waals surface area contributed by atoms with Gasteiger partial charge in [0.1, 0.15) is 0 Å². The Kier molecular flexibility index (Phi) is 6.28. The maximum atomic E-state index is 12.2. The second-order valence-corrected chi connectivity index (χ2v) is 6.88. The van der Waals surface area contributed by atoms with Gasteiger partial charge in [-0.3, -0.25) is 9.69 Å². The summed E-state index contributed by atoms with van der Waals surface area (Å²) in [6.07, 6.45) is 4.01. The number of benzene rings is 1. The largest absolute Gasteiger partial charge is 0.354 e. The molecular formula is C19H28N4O2. The molecule has 6 heteroatoms. The Morgan fingerprint density at radius 2 is 1.72 bits per heavy atom. The van der Waals surface area contributed by atoms with Gasteiger partial charge in [-0.15, -0.1) is 0 Å². The lowest BCUT2D eigenvalue weighted by molar-refractivity contribution is -0.120. The van der Waals surface area contributed by atoms with Crippen LogP contribution in [0.3, 0.4) is 0 Å². The van der Waals surface area contributed by atoms with Crippen molar-refractivity contribution in [1.82, 2.24) is 20.4 Å². The normalized spacial score (nSPS) is 20.6. The highest BCUT2D eigenvalue weighted by molar-refractivity contribution is 5.78. The second kappa shape index (κ2) is 8.85. The van der Waals surface area contributed by atoms with E-state index in [1.165, 1.54) is 25.9 Å². The lowest BCUT2D eigenvalue weighted by Gasteiger charge is -2.23. The van der Waals surface area contributed by atoms with Crippen molar-refractivity contribution in [2.45, 2.75) is 31.7 Å². The third-order valence-corrected chi connectivity index (χ3v) is 5.04. The van der Waals surface area contributed by atoms with Crippen LogP contribution in [-0.4, -0.2) is 67.0 Å². The van der Waals surface area contributed by atoms with Crippen LogP contribution >= 0.6 is 0 Å². The van der Waals surface area contributed by atoms with Gasteiger partial charge in [0, 0.05) is 32.2 Å². The van der Waals surface area contributed by atoms with E-state index in [1.807, 2.05) is 35.2 Å². The number of likely N-dealkylation sites (tertiary alicyclic amines) is 2. The molecule has 2 N–H and O–H groups in total. The third-order valence-electron chi connectivity index (χ3n) is 5.04. The molecule has 0 aliphatic carbocycles. The van der Waals surface area contributed by atoms with Crippen LogP contribution in [0, 0.1) is 0 Å². The second-order valence-electron chi connectivity index (χ2n) is 6.88. The maximum absolute atomic E-state index is 12.2. The molecule has 3 amide bonds. The average Bonchev–Trinajstić information content (AvgIpc) is 3.30. The molecule has 2 aliphatic rings. The number of rotatable bonds is 6. The van der Waals surface area contributed by atoms with Gasteiger partial charge in [-0.1, -0.05) is 30.3 Å². The molecule has 1 aromatic carbocycles. The monoisotopic (exact) mass is 344 g/mol. The van der Waals surface area contributed by atoms with Crippen molar-refractivity contribution in [2.75, 3.05) is 39.3 Å². The summed E-state index contributed by atoms with van der Waals surface area (Å²) in [6, 6.07) is 10.2. The van der Waals surface area contributed by atoms with Crippen LogP contribution in [0.4, 0.5) is 4.79 Å². The van der Waals surface area contributed by atoms with Gasteiger partial charge in [0.05, 0.1) is 6.42 Å². The van der Waals surface area contributed by atoms with Crippen LogP contribution in [-0.2, 0) is 11.2 Å². The van der Waals surface area contributed by atoms with Crippen molar-refractivity contribution in [3.05, 3.63) is 35.9 Å². The first-order valence-electron chi connectivity index (χ1n) is 9.30. The van der Waals surface area contributed by atoms with Crippen molar-refractivity contribution < 1.29 is 9.59 Å². The van der Waals surface area contributed by atoms with Crippen LogP contribution in [0.2, 0.25) is 0 Å². The molecule has 3 rings (SSSR count). The van der Waals surface area contributed by atoms with Gasteiger partial charge in [0.15, 0.2) is 0 Å². The topological polar surface area (TPSA) is 64.7 Å². The number of amides is 3. The number of nitrogens with one attached hydrogen (secondary N) is 2. The molecule has 2 fully saturated rings. The number of carbonyl (C=O) groups is 2. The first kappa shape index (κ1) is 17.7. The van der Waals surface area contributed by atoms with Crippen LogP contribution in [0.1, 0.15) is 24.8 Å². The molecule has 0 bridgehead atoms. The number of nitrogens with zero attached hydrogens (tertiary/aromatic N) is 2. The maximum Gasteiger partial charge on any atom is 0.317 e. The summed E-state index contributed by atoms with van der Waals surface area (Å²) in [6.45, 7) is 4.92. The summed E-state index contributed by atoms with van der Waals surface area (Å²) in [4.78, 5) is 28.5. The third kappa shape index (κ3) is 5.19. The Balaban J connectivity index is 1.30. The van der Waals surface area contributed by atoms with Gasteiger partial charge in [-0.2, -0.15) is 0 Å². The van der Waals surface area contributed by atoms with E-state index in [-0.39, 0.29) is 11.9 Å². The van der Waals surface area contributed by atoms with Crippen LogP contribution in [0.25, 0.3) is 0 Å². The first-order chi connectivity index (χ1) is 12.2. The van der Waals surface area contributed by atoms with Gasteiger partial charge >= 0.3 is 6.03 Å². The fourth-order valence-electron chi connectivity index (χ4n) is 3.66. The molecule has 0 aromatic heterocycles. The predicted molar refractivity (Wildman–Crippen MR) is 97.3 cm³/mol. The summed E-state index contributed by atoms with van der Waals surface area (Å²) in [7, 11) is 0. The Labute approximate surface area is 149 Å². The highest BCUT2D eigenvalue weighted by Crippen LogP contribution is 2.20. The number of urea groups is 1. The smallest absolute Gasteiger partial charge is 0.317 e. The highest BCUT2D eigenvalue weighted by atomic mass is 16.2. The van der Waals surface area contributed by atoms with Gasteiger partial charge in [0.25, 0.3) is 0 Å². The predicted octanol–water partition coefficient (Wildman–Crippen LogP) is 1.22. The zero-order valence-corrected chi connectivity index (χ0v) is 14.7. The Morgan fingerprint density at radius 1 is 1.00 bits per heavy atom. The molecule has 0 saturated carbocycles. The Bertz CT molecular complexity index is 572. The molecule has 25 heavy (non-hydrogen) atoms. The minimum absolute atomic E-state index is 0.0148. The molecule has 2 aliphatic heterocycles. The quantitative estimate of drug-likeness (QED) is 0.763. The molecule has 6 nitrogen and oxygen atoms in total. The zero-order chi connectivity index (χ0) is 17.5. The van der Waals surface area contributed by atoms with E-state index in [9.17, 15) is 9.59 Å². The standard InChI is InChI=1S/C19H28N4O2/c24-18(14-16-6-2-1-3-7-16)20-9-10-21-19(25)23-13-8-17(15-23)22-11-4-5-12-22/h1-3,6-7,17H,4-5,8-15H2,(H,20,24)(H,21,25)/t17-/m0/s1. The van der Waals surface area contributed by atoms with Gasteiger partial charge in [-0.05, 0) is 37.9 Å². The molecular weight excluding hydrogens is 316 g/mol. The zero-order valence-electron chi connectivity index (χ0n) is 14.7. The lowest BCUT2D eigenvalue weighted by Crippen LogP contribution is -2.44. The van der Waals surface area contributed by atoms with E-state index in [0.29, 0.717) is 25.6 Å². The molecule has 136 valence electrons. The SMILES string of the molecule is O=C(Cc1ccccc1)NCCNC(=O)N1CC[C@H](N2CCCC2)C1. The van der Waals surface area contributed by atoms with Crippen molar-refractivity contribution >= 4 is 11.9 Å². The molecule has 0 radical (unpaired) electrons. The fraction of sp³-hybridized carbons (Fsp3) is 0.579. The fourth-order valence-corrected chi connectivity index (χ4v) is 3.66. The summed E-state index contributed by atoms with van der Waals surface area (Å²) in [5.41, 5.74) is 0.994. The molecule has 2 saturated heterocycles. The van der Waals surface area contributed by atoms with Gasteiger partial charge < -0.3 is 15.5 Å². The van der Waals surface area contributed by atoms with Gasteiger partial charge in [-0.25, -0.2) is 4.79 Å². The summed E-state index contributed by atoms with van der Waals surface area (Å²) >= 11 is 0. The van der Waals surface area contributed by atoms with Crippen LogP contribution in [0.15, 0.2) is 30.3 Å². The Morgan fingerprint density at radius 3 is 2.48 bits per heavy atom. The van der Waals surface area contributed by atoms with Crippen LogP contribution in [0.5, 0.6) is 0 Å². The summed E-state index contributed by atoms with van der Waals surface area (Å²) in [5.74, 6) is -0.0179.